The molecule has 1 amide bonds. The van der Waals surface area contributed by atoms with Gasteiger partial charge in [-0.2, -0.15) is 0 Å². The van der Waals surface area contributed by atoms with Crippen LogP contribution < -0.4 is 0 Å². The normalized spacial score (nSPS) is 23.5. The fraction of sp³-hybridized carbons (Fsp3) is 0.519. The lowest BCUT2D eigenvalue weighted by Gasteiger charge is -2.43. The average molecular weight is 456 g/mol. The lowest BCUT2D eigenvalue weighted by molar-refractivity contribution is -0.153. The van der Waals surface area contributed by atoms with E-state index in [-0.39, 0.29) is 11.9 Å². The van der Waals surface area contributed by atoms with Gasteiger partial charge in [0.05, 0.1) is 13.2 Å². The molecule has 0 N–H and O–H groups in total. The van der Waals surface area contributed by atoms with Crippen LogP contribution in [-0.2, 0) is 26.2 Å². The molecule has 0 radical (unpaired) electrons. The Morgan fingerprint density at radius 1 is 1.21 bits per heavy atom. The quantitative estimate of drug-likeness (QED) is 0.594. The molecular formula is C27H34FNO4. The average Bonchev–Trinajstić information content (AvgIpc) is 3.29. The third kappa shape index (κ3) is 4.92. The molecular weight excluding hydrogens is 421 g/mol. The molecule has 6 heteroatoms. The zero-order chi connectivity index (χ0) is 23.6. The highest BCUT2D eigenvalue weighted by Gasteiger charge is 2.49. The number of aryl methyl sites for hydroxylation is 1. The van der Waals surface area contributed by atoms with Crippen molar-refractivity contribution in [1.29, 1.82) is 0 Å². The van der Waals surface area contributed by atoms with Crippen LogP contribution in [0.1, 0.15) is 51.7 Å². The van der Waals surface area contributed by atoms with E-state index >= 15 is 4.39 Å². The number of hydrogen-bond acceptors (Lipinski definition) is 4. The van der Waals surface area contributed by atoms with E-state index in [4.69, 9.17) is 14.2 Å². The standard InChI is InChI=1S/C27H34FNO4/c1-5-19-9-6-10-20(17-19)24-21(11-7-12-22(24)28)27(13-8-15-32-27)23-18-29(14-16-31-23)25(30)33-26(2,3)4/h6-7,9-12,17,23H,5,8,13-16,18H2,1-4H3. The Labute approximate surface area is 195 Å². The first-order valence-electron chi connectivity index (χ1n) is 11.9. The molecule has 178 valence electrons. The van der Waals surface area contributed by atoms with Gasteiger partial charge in [0.1, 0.15) is 23.1 Å². The molecule has 0 aromatic heterocycles. The van der Waals surface area contributed by atoms with Gasteiger partial charge in [-0.15, -0.1) is 0 Å². The molecule has 2 fully saturated rings. The minimum absolute atomic E-state index is 0.282. The molecule has 2 aromatic carbocycles. The third-order valence-electron chi connectivity index (χ3n) is 6.38. The molecule has 0 saturated carbocycles. The summed E-state index contributed by atoms with van der Waals surface area (Å²) in [6, 6.07) is 13.2. The molecule has 2 heterocycles. The Hall–Kier alpha value is -2.44. The number of rotatable bonds is 4. The minimum Gasteiger partial charge on any atom is -0.444 e. The molecule has 33 heavy (non-hydrogen) atoms. The van der Waals surface area contributed by atoms with Crippen LogP contribution in [0.2, 0.25) is 0 Å². The maximum atomic E-state index is 15.4. The van der Waals surface area contributed by atoms with Crippen molar-refractivity contribution in [2.24, 2.45) is 0 Å². The minimum atomic E-state index is -0.833. The Bertz CT molecular complexity index is 994. The van der Waals surface area contributed by atoms with E-state index in [2.05, 4.69) is 13.0 Å². The Morgan fingerprint density at radius 3 is 2.70 bits per heavy atom. The van der Waals surface area contributed by atoms with Crippen molar-refractivity contribution in [3.05, 3.63) is 59.4 Å². The molecule has 0 aliphatic carbocycles. The van der Waals surface area contributed by atoms with Crippen LogP contribution in [-0.4, -0.2) is 49.0 Å². The van der Waals surface area contributed by atoms with Gasteiger partial charge >= 0.3 is 6.09 Å². The number of benzene rings is 2. The van der Waals surface area contributed by atoms with Gasteiger partial charge in [-0.1, -0.05) is 43.3 Å². The lowest BCUT2D eigenvalue weighted by atomic mass is 9.80. The SMILES string of the molecule is CCc1cccc(-c2c(F)cccc2C2(C3CN(C(=O)OC(C)(C)C)CCO3)CCCO2)c1. The number of halogens is 1. The number of hydrogen-bond donors (Lipinski definition) is 0. The second-order valence-corrected chi connectivity index (χ2v) is 9.84. The van der Waals surface area contributed by atoms with Crippen LogP contribution in [0, 0.1) is 5.82 Å². The van der Waals surface area contributed by atoms with Crippen molar-refractivity contribution in [2.45, 2.75) is 64.3 Å². The molecule has 4 rings (SSSR count). The summed E-state index contributed by atoms with van der Waals surface area (Å²) in [4.78, 5) is 14.5. The highest BCUT2D eigenvalue weighted by Crippen LogP contribution is 2.46. The van der Waals surface area contributed by atoms with Gasteiger partial charge in [-0.3, -0.25) is 0 Å². The molecule has 2 unspecified atom stereocenters. The van der Waals surface area contributed by atoms with E-state index in [1.807, 2.05) is 45.0 Å². The lowest BCUT2D eigenvalue weighted by Crippen LogP contribution is -2.55. The zero-order valence-corrected chi connectivity index (χ0v) is 20.0. The van der Waals surface area contributed by atoms with Gasteiger partial charge in [0.2, 0.25) is 0 Å². The molecule has 0 bridgehead atoms. The van der Waals surface area contributed by atoms with Crippen molar-refractivity contribution in [2.75, 3.05) is 26.3 Å². The van der Waals surface area contributed by atoms with Crippen LogP contribution >= 0.6 is 0 Å². The summed E-state index contributed by atoms with van der Waals surface area (Å²) >= 11 is 0. The number of nitrogens with zero attached hydrogens (tertiary/aromatic N) is 1. The fourth-order valence-corrected chi connectivity index (χ4v) is 4.84. The molecule has 5 nitrogen and oxygen atoms in total. The predicted molar refractivity (Wildman–Crippen MR) is 126 cm³/mol. The topological polar surface area (TPSA) is 48.0 Å². The summed E-state index contributed by atoms with van der Waals surface area (Å²) in [6.07, 6.45) is 1.63. The Balaban J connectivity index is 1.73. The fourth-order valence-electron chi connectivity index (χ4n) is 4.84. The molecule has 2 saturated heterocycles. The Morgan fingerprint density at radius 2 is 2.00 bits per heavy atom. The summed E-state index contributed by atoms with van der Waals surface area (Å²) in [5.41, 5.74) is 1.90. The van der Waals surface area contributed by atoms with E-state index in [0.717, 1.165) is 29.5 Å². The van der Waals surface area contributed by atoms with Gasteiger partial charge in [0.25, 0.3) is 0 Å². The third-order valence-corrected chi connectivity index (χ3v) is 6.38. The van der Waals surface area contributed by atoms with E-state index in [9.17, 15) is 4.79 Å². The number of amides is 1. The summed E-state index contributed by atoms with van der Waals surface area (Å²) < 4.78 is 33.6. The first kappa shape index (κ1) is 23.7. The maximum Gasteiger partial charge on any atom is 0.410 e. The summed E-state index contributed by atoms with van der Waals surface area (Å²) in [7, 11) is 0. The Kier molecular flexibility index (Phi) is 6.78. The second-order valence-electron chi connectivity index (χ2n) is 9.84. The van der Waals surface area contributed by atoms with Crippen molar-refractivity contribution in [3.63, 3.8) is 0 Å². The van der Waals surface area contributed by atoms with E-state index in [1.54, 1.807) is 11.0 Å². The van der Waals surface area contributed by atoms with Crippen LogP contribution in [0.15, 0.2) is 42.5 Å². The first-order valence-corrected chi connectivity index (χ1v) is 11.9. The van der Waals surface area contributed by atoms with Crippen molar-refractivity contribution in [3.8, 4) is 11.1 Å². The van der Waals surface area contributed by atoms with Crippen molar-refractivity contribution < 1.29 is 23.4 Å². The van der Waals surface area contributed by atoms with E-state index < -0.39 is 17.3 Å². The number of morpholine rings is 1. The van der Waals surface area contributed by atoms with Crippen LogP contribution in [0.4, 0.5) is 9.18 Å². The first-order chi connectivity index (χ1) is 15.7. The van der Waals surface area contributed by atoms with Gasteiger partial charge < -0.3 is 19.1 Å². The zero-order valence-electron chi connectivity index (χ0n) is 20.0. The monoisotopic (exact) mass is 455 g/mol. The second kappa shape index (κ2) is 9.43. The molecule has 2 aliphatic heterocycles. The van der Waals surface area contributed by atoms with Gasteiger partial charge in [-0.05, 0) is 62.8 Å². The van der Waals surface area contributed by atoms with E-state index in [1.165, 1.54) is 6.07 Å². The highest BCUT2D eigenvalue weighted by atomic mass is 19.1. The molecule has 0 spiro atoms. The van der Waals surface area contributed by atoms with Gasteiger partial charge in [-0.25, -0.2) is 9.18 Å². The van der Waals surface area contributed by atoms with Crippen LogP contribution in [0.25, 0.3) is 11.1 Å². The van der Waals surface area contributed by atoms with Crippen LogP contribution in [0.5, 0.6) is 0 Å². The molecule has 2 aliphatic rings. The number of carbonyl (C=O) groups is 1. The number of carbonyl (C=O) groups excluding carboxylic acids is 1. The van der Waals surface area contributed by atoms with E-state index in [0.29, 0.717) is 38.3 Å². The predicted octanol–water partition coefficient (Wildman–Crippen LogP) is 5.70. The van der Waals surface area contributed by atoms with Crippen molar-refractivity contribution in [1.82, 2.24) is 4.90 Å². The summed E-state index contributed by atoms with van der Waals surface area (Å²) in [5, 5.41) is 0. The number of ether oxygens (including phenoxy) is 3. The maximum absolute atomic E-state index is 15.4. The molecule has 2 atom stereocenters. The van der Waals surface area contributed by atoms with Gasteiger partial charge in [0, 0.05) is 18.7 Å². The summed E-state index contributed by atoms with van der Waals surface area (Å²) in [6.45, 7) is 9.39. The molecule has 2 aromatic rings. The van der Waals surface area contributed by atoms with Crippen molar-refractivity contribution >= 4 is 6.09 Å². The largest absolute Gasteiger partial charge is 0.444 e. The van der Waals surface area contributed by atoms with Crippen LogP contribution in [0.3, 0.4) is 0 Å². The highest BCUT2D eigenvalue weighted by molar-refractivity contribution is 5.71. The van der Waals surface area contributed by atoms with Gasteiger partial charge in [0.15, 0.2) is 0 Å². The summed E-state index contributed by atoms with van der Waals surface area (Å²) in [5.74, 6) is -0.282. The smallest absolute Gasteiger partial charge is 0.410 e.